The maximum Gasteiger partial charge on any atom is 0.0611 e. The van der Waals surface area contributed by atoms with E-state index in [-0.39, 0.29) is 0 Å². The molecule has 13 heavy (non-hydrogen) atoms. The molecule has 3 rings (SSSR count). The third-order valence-electron chi connectivity index (χ3n) is 4.33. The fourth-order valence-corrected chi connectivity index (χ4v) is 3.89. The zero-order valence-electron chi connectivity index (χ0n) is 8.28. The summed E-state index contributed by atoms with van der Waals surface area (Å²) in [6.07, 6.45) is 9.60. The van der Waals surface area contributed by atoms with E-state index < -0.39 is 0 Å². The van der Waals surface area contributed by atoms with Gasteiger partial charge in [-0.3, -0.25) is 0 Å². The van der Waals surface area contributed by atoms with Crippen molar-refractivity contribution in [3.63, 3.8) is 0 Å². The molecule has 0 aromatic carbocycles. The Labute approximate surface area is 80.2 Å². The van der Waals surface area contributed by atoms with Gasteiger partial charge in [0.2, 0.25) is 0 Å². The zero-order valence-corrected chi connectivity index (χ0v) is 8.28. The Morgan fingerprint density at radius 3 is 3.08 bits per heavy atom. The van der Waals surface area contributed by atoms with Crippen molar-refractivity contribution in [3.05, 3.63) is 12.2 Å². The lowest BCUT2D eigenvalue weighted by Gasteiger charge is -2.30. The van der Waals surface area contributed by atoms with Crippen molar-refractivity contribution in [1.29, 1.82) is 0 Å². The summed E-state index contributed by atoms with van der Waals surface area (Å²) >= 11 is 0. The predicted octanol–water partition coefficient (Wildman–Crippen LogP) is 2.62. The van der Waals surface area contributed by atoms with Gasteiger partial charge < -0.3 is 4.74 Å². The first kappa shape index (κ1) is 8.05. The van der Waals surface area contributed by atoms with E-state index in [4.69, 9.17) is 4.74 Å². The topological polar surface area (TPSA) is 9.23 Å². The van der Waals surface area contributed by atoms with Crippen LogP contribution in [0.4, 0.5) is 0 Å². The fourth-order valence-electron chi connectivity index (χ4n) is 3.89. The van der Waals surface area contributed by atoms with Crippen molar-refractivity contribution in [2.45, 2.75) is 32.3 Å². The molecule has 3 aliphatic carbocycles. The van der Waals surface area contributed by atoms with Gasteiger partial charge in [-0.2, -0.15) is 0 Å². The molecule has 0 aromatic rings. The number of hydrogen-bond donors (Lipinski definition) is 0. The van der Waals surface area contributed by atoms with Crippen LogP contribution in [0.5, 0.6) is 0 Å². The molecule has 0 amide bonds. The van der Waals surface area contributed by atoms with Crippen molar-refractivity contribution < 1.29 is 4.74 Å². The second-order valence-electron chi connectivity index (χ2n) is 4.79. The highest BCUT2D eigenvalue weighted by molar-refractivity contribution is 5.14. The molecular weight excluding hydrogens is 160 g/mol. The highest BCUT2D eigenvalue weighted by Crippen LogP contribution is 2.57. The van der Waals surface area contributed by atoms with E-state index in [1.54, 1.807) is 0 Å². The van der Waals surface area contributed by atoms with E-state index in [9.17, 15) is 0 Å². The Morgan fingerprint density at radius 1 is 1.31 bits per heavy atom. The summed E-state index contributed by atoms with van der Waals surface area (Å²) < 4.78 is 5.81. The molecule has 0 unspecified atom stereocenters. The molecule has 0 heterocycles. The number of allylic oxidation sites excluding steroid dienone is 2. The Hall–Kier alpha value is -0.300. The number of fused-ring (bicyclic) bond motifs is 5. The summed E-state index contributed by atoms with van der Waals surface area (Å²) in [6.45, 7) is 3.02. The summed E-state index contributed by atoms with van der Waals surface area (Å²) in [5, 5.41) is 0. The van der Waals surface area contributed by atoms with Gasteiger partial charge in [0, 0.05) is 6.61 Å². The average Bonchev–Trinajstić information content (AvgIpc) is 2.72. The molecule has 2 bridgehead atoms. The Kier molecular flexibility index (Phi) is 1.76. The van der Waals surface area contributed by atoms with E-state index in [2.05, 4.69) is 19.1 Å². The molecule has 0 radical (unpaired) electrons. The Morgan fingerprint density at radius 2 is 2.23 bits per heavy atom. The minimum atomic E-state index is 0.596. The van der Waals surface area contributed by atoms with Gasteiger partial charge in [0.1, 0.15) is 0 Å². The molecule has 0 N–H and O–H groups in total. The van der Waals surface area contributed by atoms with Crippen molar-refractivity contribution in [3.8, 4) is 0 Å². The van der Waals surface area contributed by atoms with Crippen LogP contribution < -0.4 is 0 Å². The van der Waals surface area contributed by atoms with Gasteiger partial charge in [0.25, 0.3) is 0 Å². The minimum Gasteiger partial charge on any atom is -0.378 e. The van der Waals surface area contributed by atoms with E-state index in [1.807, 2.05) is 0 Å². The molecule has 0 aromatic heterocycles. The quantitative estimate of drug-likeness (QED) is 0.591. The summed E-state index contributed by atoms with van der Waals surface area (Å²) in [7, 11) is 0. The number of hydrogen-bond acceptors (Lipinski definition) is 1. The zero-order chi connectivity index (χ0) is 8.84. The second-order valence-corrected chi connectivity index (χ2v) is 4.79. The van der Waals surface area contributed by atoms with Crippen LogP contribution in [0.1, 0.15) is 26.2 Å². The number of ether oxygens (including phenoxy) is 1. The molecule has 2 fully saturated rings. The van der Waals surface area contributed by atoms with Gasteiger partial charge in [-0.25, -0.2) is 0 Å². The molecule has 5 atom stereocenters. The molecule has 1 nitrogen and oxygen atoms in total. The van der Waals surface area contributed by atoms with Gasteiger partial charge in [-0.05, 0) is 49.9 Å². The van der Waals surface area contributed by atoms with Crippen LogP contribution in [0.15, 0.2) is 12.2 Å². The smallest absolute Gasteiger partial charge is 0.0611 e. The molecule has 0 saturated heterocycles. The van der Waals surface area contributed by atoms with Crippen LogP contribution >= 0.6 is 0 Å². The lowest BCUT2D eigenvalue weighted by Crippen LogP contribution is -2.30. The first-order valence-corrected chi connectivity index (χ1v) is 5.68. The molecule has 1 heteroatoms. The maximum atomic E-state index is 5.81. The molecule has 2 saturated carbocycles. The molecule has 3 aliphatic rings. The van der Waals surface area contributed by atoms with Crippen LogP contribution in [0, 0.1) is 23.7 Å². The van der Waals surface area contributed by atoms with Crippen molar-refractivity contribution >= 4 is 0 Å². The normalized spacial score (nSPS) is 51.6. The molecular formula is C12H18O. The van der Waals surface area contributed by atoms with Crippen LogP contribution in [-0.2, 0) is 4.74 Å². The minimum absolute atomic E-state index is 0.596. The SMILES string of the molecule is CCO[C@@H]1C[C@H]2C[C@H]1[C@@H]1C=CC[C@H]21. The summed E-state index contributed by atoms with van der Waals surface area (Å²) in [5.41, 5.74) is 0. The third-order valence-corrected chi connectivity index (χ3v) is 4.33. The average molecular weight is 178 g/mol. The van der Waals surface area contributed by atoms with Crippen molar-refractivity contribution in [1.82, 2.24) is 0 Å². The predicted molar refractivity (Wildman–Crippen MR) is 52.4 cm³/mol. The largest absolute Gasteiger partial charge is 0.378 e. The van der Waals surface area contributed by atoms with Crippen LogP contribution in [0.2, 0.25) is 0 Å². The first-order valence-electron chi connectivity index (χ1n) is 5.68. The van der Waals surface area contributed by atoms with Crippen molar-refractivity contribution in [2.24, 2.45) is 23.7 Å². The monoisotopic (exact) mass is 178 g/mol. The maximum absolute atomic E-state index is 5.81. The summed E-state index contributed by atoms with van der Waals surface area (Å²) in [6, 6.07) is 0. The van der Waals surface area contributed by atoms with Gasteiger partial charge >= 0.3 is 0 Å². The lowest BCUT2D eigenvalue weighted by atomic mass is 9.80. The highest BCUT2D eigenvalue weighted by atomic mass is 16.5. The Balaban J connectivity index is 1.77. The van der Waals surface area contributed by atoms with Gasteiger partial charge in [0.05, 0.1) is 6.10 Å². The van der Waals surface area contributed by atoms with Crippen molar-refractivity contribution in [2.75, 3.05) is 6.61 Å². The van der Waals surface area contributed by atoms with Gasteiger partial charge in [-0.15, -0.1) is 0 Å². The van der Waals surface area contributed by atoms with E-state index in [0.717, 1.165) is 30.3 Å². The van der Waals surface area contributed by atoms with Crippen LogP contribution in [0.25, 0.3) is 0 Å². The first-order chi connectivity index (χ1) is 6.40. The summed E-state index contributed by atoms with van der Waals surface area (Å²) in [4.78, 5) is 0. The number of rotatable bonds is 2. The van der Waals surface area contributed by atoms with E-state index >= 15 is 0 Å². The standard InChI is InChI=1S/C12H18O/c1-2-13-12-7-8-6-11(12)10-5-3-4-9(8)10/h3,5,8-12H,2,4,6-7H2,1H3/t8-,9-,10-,11+,12-/m1/s1. The second kappa shape index (κ2) is 2.84. The third kappa shape index (κ3) is 1.03. The van der Waals surface area contributed by atoms with Crippen LogP contribution in [0.3, 0.4) is 0 Å². The molecule has 72 valence electrons. The lowest BCUT2D eigenvalue weighted by molar-refractivity contribution is 0.00243. The molecule has 0 spiro atoms. The highest BCUT2D eigenvalue weighted by Gasteiger charge is 2.52. The van der Waals surface area contributed by atoms with Gasteiger partial charge in [-0.1, -0.05) is 12.2 Å². The molecule has 0 aliphatic heterocycles. The van der Waals surface area contributed by atoms with E-state index in [1.165, 1.54) is 19.3 Å². The fraction of sp³-hybridized carbons (Fsp3) is 0.833. The van der Waals surface area contributed by atoms with Crippen LogP contribution in [-0.4, -0.2) is 12.7 Å². The van der Waals surface area contributed by atoms with Gasteiger partial charge in [0.15, 0.2) is 0 Å². The summed E-state index contributed by atoms with van der Waals surface area (Å²) in [5.74, 6) is 3.74. The van der Waals surface area contributed by atoms with E-state index in [0.29, 0.717) is 6.10 Å². The Bertz CT molecular complexity index is 233.